The Hall–Kier alpha value is -2.65. The van der Waals surface area contributed by atoms with Gasteiger partial charge in [-0.25, -0.2) is 9.79 Å². The molecule has 0 atom stereocenters. The monoisotopic (exact) mass is 323 g/mol. The number of esters is 1. The SMILES string of the molecule is CC(=Cc1ccccc1)C=C1N=C(c2ccc(Cl)cc2)OC1=O. The summed E-state index contributed by atoms with van der Waals surface area (Å²) in [6, 6.07) is 16.9. The van der Waals surface area contributed by atoms with Crippen LogP contribution in [0.2, 0.25) is 5.02 Å². The minimum atomic E-state index is -0.448. The molecule has 3 nitrogen and oxygen atoms in total. The average Bonchev–Trinajstić information content (AvgIpc) is 2.90. The van der Waals surface area contributed by atoms with Crippen molar-refractivity contribution < 1.29 is 9.53 Å². The predicted molar refractivity (Wildman–Crippen MR) is 92.3 cm³/mol. The van der Waals surface area contributed by atoms with E-state index in [0.29, 0.717) is 16.6 Å². The van der Waals surface area contributed by atoms with E-state index in [-0.39, 0.29) is 0 Å². The van der Waals surface area contributed by atoms with E-state index in [4.69, 9.17) is 16.3 Å². The van der Waals surface area contributed by atoms with Crippen LogP contribution in [0.1, 0.15) is 18.1 Å². The fourth-order valence-corrected chi connectivity index (χ4v) is 2.32. The van der Waals surface area contributed by atoms with Gasteiger partial charge in [0.1, 0.15) is 0 Å². The lowest BCUT2D eigenvalue weighted by atomic mass is 10.1. The van der Waals surface area contributed by atoms with Crippen LogP contribution in [0.3, 0.4) is 0 Å². The standard InChI is InChI=1S/C19H14ClNO2/c1-13(11-14-5-3-2-4-6-14)12-17-19(22)23-18(21-17)15-7-9-16(20)10-8-15/h2-12H,1H3. The topological polar surface area (TPSA) is 38.7 Å². The van der Waals surface area contributed by atoms with Gasteiger partial charge in [0.2, 0.25) is 5.90 Å². The highest BCUT2D eigenvalue weighted by atomic mass is 35.5. The second-order valence-electron chi connectivity index (χ2n) is 5.14. The van der Waals surface area contributed by atoms with E-state index in [1.807, 2.05) is 43.3 Å². The highest BCUT2D eigenvalue weighted by molar-refractivity contribution is 6.30. The van der Waals surface area contributed by atoms with Crippen LogP contribution in [0.25, 0.3) is 6.08 Å². The van der Waals surface area contributed by atoms with Crippen molar-refractivity contribution in [3.63, 3.8) is 0 Å². The smallest absolute Gasteiger partial charge is 0.363 e. The van der Waals surface area contributed by atoms with Crippen molar-refractivity contribution in [2.45, 2.75) is 6.92 Å². The molecule has 0 bridgehead atoms. The zero-order valence-electron chi connectivity index (χ0n) is 12.5. The average molecular weight is 324 g/mol. The quantitative estimate of drug-likeness (QED) is 0.610. The van der Waals surface area contributed by atoms with Gasteiger partial charge in [-0.1, -0.05) is 48.0 Å². The van der Waals surface area contributed by atoms with Gasteiger partial charge in [-0.05, 0) is 48.4 Å². The van der Waals surface area contributed by atoms with E-state index in [1.54, 1.807) is 30.3 Å². The van der Waals surface area contributed by atoms with Crippen molar-refractivity contribution in [1.82, 2.24) is 0 Å². The molecule has 0 N–H and O–H groups in total. The fraction of sp³-hybridized carbons (Fsp3) is 0.0526. The van der Waals surface area contributed by atoms with Gasteiger partial charge in [0.25, 0.3) is 0 Å². The number of carbonyl (C=O) groups is 1. The number of nitrogens with zero attached hydrogens (tertiary/aromatic N) is 1. The number of carbonyl (C=O) groups excluding carboxylic acids is 1. The highest BCUT2D eigenvalue weighted by Gasteiger charge is 2.23. The molecule has 23 heavy (non-hydrogen) atoms. The number of halogens is 1. The zero-order chi connectivity index (χ0) is 16.2. The van der Waals surface area contributed by atoms with Crippen molar-refractivity contribution >= 4 is 29.5 Å². The molecule has 1 aliphatic heterocycles. The van der Waals surface area contributed by atoms with Crippen molar-refractivity contribution in [1.29, 1.82) is 0 Å². The Labute approximate surface area is 139 Å². The maximum Gasteiger partial charge on any atom is 0.363 e. The van der Waals surface area contributed by atoms with Crippen molar-refractivity contribution in [3.8, 4) is 0 Å². The van der Waals surface area contributed by atoms with Gasteiger partial charge in [0, 0.05) is 10.6 Å². The lowest BCUT2D eigenvalue weighted by Crippen LogP contribution is -2.05. The van der Waals surface area contributed by atoms with E-state index in [2.05, 4.69) is 4.99 Å². The largest absolute Gasteiger partial charge is 0.402 e. The minimum Gasteiger partial charge on any atom is -0.402 e. The number of allylic oxidation sites excluding steroid dienone is 2. The Morgan fingerprint density at radius 1 is 1.09 bits per heavy atom. The van der Waals surface area contributed by atoms with Crippen LogP contribution in [-0.2, 0) is 9.53 Å². The molecule has 4 heteroatoms. The second kappa shape index (κ2) is 6.63. The Kier molecular flexibility index (Phi) is 4.40. The molecular formula is C19H14ClNO2. The fourth-order valence-electron chi connectivity index (χ4n) is 2.19. The van der Waals surface area contributed by atoms with Crippen LogP contribution < -0.4 is 0 Å². The number of aliphatic imine (C=N–C) groups is 1. The third-order valence-corrected chi connectivity index (χ3v) is 3.52. The molecule has 1 heterocycles. The molecule has 0 amide bonds. The molecule has 0 unspecified atom stereocenters. The van der Waals surface area contributed by atoms with Gasteiger partial charge in [-0.15, -0.1) is 0 Å². The maximum atomic E-state index is 12.0. The Morgan fingerprint density at radius 3 is 2.48 bits per heavy atom. The van der Waals surface area contributed by atoms with Crippen LogP contribution in [-0.4, -0.2) is 11.9 Å². The summed E-state index contributed by atoms with van der Waals surface area (Å²) in [5.41, 5.74) is 3.00. The molecular weight excluding hydrogens is 310 g/mol. The van der Waals surface area contributed by atoms with E-state index >= 15 is 0 Å². The van der Waals surface area contributed by atoms with E-state index in [1.165, 1.54) is 0 Å². The lowest BCUT2D eigenvalue weighted by Gasteiger charge is -1.98. The molecule has 2 aromatic rings. The summed E-state index contributed by atoms with van der Waals surface area (Å²) < 4.78 is 5.22. The van der Waals surface area contributed by atoms with Gasteiger partial charge < -0.3 is 4.74 Å². The molecule has 0 aliphatic carbocycles. The highest BCUT2D eigenvalue weighted by Crippen LogP contribution is 2.20. The Morgan fingerprint density at radius 2 is 1.78 bits per heavy atom. The molecule has 1 aliphatic rings. The summed E-state index contributed by atoms with van der Waals surface area (Å²) >= 11 is 5.86. The van der Waals surface area contributed by atoms with Crippen molar-refractivity contribution in [2.24, 2.45) is 4.99 Å². The van der Waals surface area contributed by atoms with Crippen molar-refractivity contribution in [2.75, 3.05) is 0 Å². The van der Waals surface area contributed by atoms with Crippen LogP contribution in [0.15, 0.2) is 76.9 Å². The van der Waals surface area contributed by atoms with Gasteiger partial charge in [-0.2, -0.15) is 0 Å². The molecule has 2 aromatic carbocycles. The third-order valence-electron chi connectivity index (χ3n) is 3.27. The summed E-state index contributed by atoms with van der Waals surface area (Å²) in [5.74, 6) is -0.152. The number of cyclic esters (lactones) is 1. The zero-order valence-corrected chi connectivity index (χ0v) is 13.2. The Balaban J connectivity index is 1.86. The van der Waals surface area contributed by atoms with E-state index in [9.17, 15) is 4.79 Å². The summed E-state index contributed by atoms with van der Waals surface area (Å²) in [4.78, 5) is 16.2. The normalized spacial score (nSPS) is 16.4. The molecule has 114 valence electrons. The number of ether oxygens (including phenoxy) is 1. The molecule has 0 fully saturated rings. The molecule has 0 saturated carbocycles. The van der Waals surface area contributed by atoms with Crippen LogP contribution >= 0.6 is 11.6 Å². The first-order valence-corrected chi connectivity index (χ1v) is 7.51. The Bertz CT molecular complexity index is 818. The van der Waals surface area contributed by atoms with E-state index < -0.39 is 5.97 Å². The lowest BCUT2D eigenvalue weighted by molar-refractivity contribution is -0.130. The minimum absolute atomic E-state index is 0.291. The molecule has 0 aromatic heterocycles. The molecule has 0 saturated heterocycles. The van der Waals surface area contributed by atoms with Crippen molar-refractivity contribution in [3.05, 3.63) is 88.1 Å². The number of hydrogen-bond acceptors (Lipinski definition) is 3. The summed E-state index contributed by atoms with van der Waals surface area (Å²) in [7, 11) is 0. The summed E-state index contributed by atoms with van der Waals surface area (Å²) in [6.07, 6.45) is 3.70. The van der Waals surface area contributed by atoms with Crippen LogP contribution in [0, 0.1) is 0 Å². The summed E-state index contributed by atoms with van der Waals surface area (Å²) in [6.45, 7) is 1.92. The second-order valence-corrected chi connectivity index (χ2v) is 5.58. The van der Waals surface area contributed by atoms with E-state index in [0.717, 1.165) is 16.7 Å². The maximum absolute atomic E-state index is 12.0. The number of hydrogen-bond donors (Lipinski definition) is 0. The first-order chi connectivity index (χ1) is 11.1. The van der Waals surface area contributed by atoms with Gasteiger partial charge in [0.15, 0.2) is 5.70 Å². The molecule has 0 spiro atoms. The molecule has 0 radical (unpaired) electrons. The molecule has 3 rings (SSSR count). The van der Waals surface area contributed by atoms with Crippen LogP contribution in [0.5, 0.6) is 0 Å². The third kappa shape index (κ3) is 3.76. The van der Waals surface area contributed by atoms with Gasteiger partial charge >= 0.3 is 5.97 Å². The first kappa shape index (κ1) is 15.3. The number of benzene rings is 2. The summed E-state index contributed by atoms with van der Waals surface area (Å²) in [5, 5.41) is 0.621. The van der Waals surface area contributed by atoms with Gasteiger partial charge in [-0.3, -0.25) is 0 Å². The number of rotatable bonds is 3. The van der Waals surface area contributed by atoms with Gasteiger partial charge in [0.05, 0.1) is 0 Å². The van der Waals surface area contributed by atoms with Crippen LogP contribution in [0.4, 0.5) is 0 Å². The first-order valence-electron chi connectivity index (χ1n) is 7.14. The predicted octanol–water partition coefficient (Wildman–Crippen LogP) is 4.63.